The monoisotopic (exact) mass is 139 g/mol. The molecule has 59 valence electrons. The lowest BCUT2D eigenvalue weighted by molar-refractivity contribution is 0.661. The van der Waals surface area contributed by atoms with Gasteiger partial charge in [0.15, 0.2) is 0 Å². The van der Waals surface area contributed by atoms with Crippen LogP contribution < -0.4 is 0 Å². The lowest BCUT2D eigenvalue weighted by atomic mass is 10.1. The molecule has 0 nitrogen and oxygen atoms in total. The van der Waals surface area contributed by atoms with E-state index in [-0.39, 0.29) is 0 Å². The zero-order valence-corrected chi connectivity index (χ0v) is 7.16. The molecule has 0 atom stereocenters. The minimum atomic E-state index is 0.909. The molecule has 0 aromatic heterocycles. The molecular formula is C10H19. The Morgan fingerprint density at radius 1 is 1.20 bits per heavy atom. The number of unbranched alkanes of at least 4 members (excludes halogenated alkanes) is 3. The first-order chi connectivity index (χ1) is 4.81. The first-order valence-electron chi connectivity index (χ1n) is 4.27. The summed E-state index contributed by atoms with van der Waals surface area (Å²) in [7, 11) is 0. The third-order valence-electron chi connectivity index (χ3n) is 1.74. The van der Waals surface area contributed by atoms with Gasteiger partial charge in [-0.15, -0.1) is 0 Å². The van der Waals surface area contributed by atoms with Crippen molar-refractivity contribution in [3.8, 4) is 0 Å². The van der Waals surface area contributed by atoms with Gasteiger partial charge in [0.05, 0.1) is 0 Å². The molecule has 0 amide bonds. The van der Waals surface area contributed by atoms with E-state index in [1.165, 1.54) is 37.7 Å². The molecule has 0 fully saturated rings. The minimum Gasteiger partial charge on any atom is -0.0999 e. The molecule has 0 aliphatic carbocycles. The van der Waals surface area contributed by atoms with E-state index in [0.29, 0.717) is 0 Å². The molecule has 0 bridgehead atoms. The largest absolute Gasteiger partial charge is 0.0999 e. The van der Waals surface area contributed by atoms with Crippen LogP contribution in [0.1, 0.15) is 45.4 Å². The Balaban J connectivity index is 2.96. The minimum absolute atomic E-state index is 0.909. The quantitative estimate of drug-likeness (QED) is 0.388. The van der Waals surface area contributed by atoms with Gasteiger partial charge in [-0.2, -0.15) is 0 Å². The molecule has 0 aliphatic rings. The summed E-state index contributed by atoms with van der Waals surface area (Å²) in [6, 6.07) is 0. The van der Waals surface area contributed by atoms with Gasteiger partial charge in [0, 0.05) is 0 Å². The smallest absolute Gasteiger partial charge is 0.0323 e. The second-order valence-corrected chi connectivity index (χ2v) is 2.81. The van der Waals surface area contributed by atoms with E-state index in [1.807, 2.05) is 0 Å². The SMILES string of the molecule is [CH2]CC(=C)CCCCCC. The average molecular weight is 139 g/mol. The summed E-state index contributed by atoms with van der Waals surface area (Å²) in [6.07, 6.45) is 7.44. The van der Waals surface area contributed by atoms with Crippen LogP contribution in [0.3, 0.4) is 0 Å². The van der Waals surface area contributed by atoms with Crippen LogP contribution in [-0.2, 0) is 0 Å². The van der Waals surface area contributed by atoms with Gasteiger partial charge < -0.3 is 0 Å². The standard InChI is InChI=1S/C10H19/c1-4-6-7-8-9-10(3)5-2/h2-9H2,1H3. The third kappa shape index (κ3) is 5.87. The fraction of sp³-hybridized carbons (Fsp3) is 0.700. The highest BCUT2D eigenvalue weighted by Crippen LogP contribution is 2.10. The van der Waals surface area contributed by atoms with Crippen LogP contribution in [0.5, 0.6) is 0 Å². The molecule has 0 heterocycles. The van der Waals surface area contributed by atoms with Crippen molar-refractivity contribution >= 4 is 0 Å². The summed E-state index contributed by atoms with van der Waals surface area (Å²) in [5.74, 6) is 0. The lowest BCUT2D eigenvalue weighted by Gasteiger charge is -2.00. The number of hydrogen-bond acceptors (Lipinski definition) is 0. The van der Waals surface area contributed by atoms with Crippen LogP contribution in [0.25, 0.3) is 0 Å². The Labute approximate surface area is 65.3 Å². The molecule has 0 aromatic carbocycles. The second kappa shape index (κ2) is 6.85. The maximum absolute atomic E-state index is 3.91. The number of hydrogen-bond donors (Lipinski definition) is 0. The Hall–Kier alpha value is -0.260. The molecule has 0 unspecified atom stereocenters. The summed E-state index contributed by atoms with van der Waals surface area (Å²) >= 11 is 0. The molecule has 0 spiro atoms. The van der Waals surface area contributed by atoms with Crippen LogP contribution in [0.4, 0.5) is 0 Å². The predicted octanol–water partition coefficient (Wildman–Crippen LogP) is 3.74. The van der Waals surface area contributed by atoms with Gasteiger partial charge in [0.2, 0.25) is 0 Å². The summed E-state index contributed by atoms with van der Waals surface area (Å²) < 4.78 is 0. The van der Waals surface area contributed by atoms with Crippen molar-refractivity contribution in [3.63, 3.8) is 0 Å². The van der Waals surface area contributed by atoms with E-state index in [2.05, 4.69) is 20.4 Å². The van der Waals surface area contributed by atoms with Crippen LogP contribution in [0, 0.1) is 6.92 Å². The van der Waals surface area contributed by atoms with E-state index >= 15 is 0 Å². The molecule has 0 saturated heterocycles. The molecule has 0 N–H and O–H groups in total. The van der Waals surface area contributed by atoms with Crippen LogP contribution >= 0.6 is 0 Å². The van der Waals surface area contributed by atoms with E-state index in [1.54, 1.807) is 0 Å². The topological polar surface area (TPSA) is 0 Å². The van der Waals surface area contributed by atoms with Gasteiger partial charge in [-0.3, -0.25) is 0 Å². The van der Waals surface area contributed by atoms with E-state index in [0.717, 1.165) is 6.42 Å². The van der Waals surface area contributed by atoms with Crippen LogP contribution in [0.2, 0.25) is 0 Å². The maximum Gasteiger partial charge on any atom is -0.0323 e. The Bertz CT molecular complexity index is 82.0. The van der Waals surface area contributed by atoms with Gasteiger partial charge in [-0.25, -0.2) is 0 Å². The summed E-state index contributed by atoms with van der Waals surface area (Å²) in [5, 5.41) is 0. The third-order valence-corrected chi connectivity index (χ3v) is 1.74. The Kier molecular flexibility index (Phi) is 6.68. The predicted molar refractivity (Wildman–Crippen MR) is 47.9 cm³/mol. The van der Waals surface area contributed by atoms with E-state index in [4.69, 9.17) is 0 Å². The molecule has 10 heavy (non-hydrogen) atoms. The van der Waals surface area contributed by atoms with Crippen molar-refractivity contribution in [2.75, 3.05) is 0 Å². The molecule has 1 radical (unpaired) electrons. The molecular weight excluding hydrogens is 120 g/mol. The van der Waals surface area contributed by atoms with Crippen LogP contribution in [-0.4, -0.2) is 0 Å². The van der Waals surface area contributed by atoms with E-state index in [9.17, 15) is 0 Å². The highest BCUT2D eigenvalue weighted by atomic mass is 14.0. The fourth-order valence-corrected chi connectivity index (χ4v) is 0.927. The van der Waals surface area contributed by atoms with E-state index < -0.39 is 0 Å². The Morgan fingerprint density at radius 3 is 2.40 bits per heavy atom. The van der Waals surface area contributed by atoms with Crippen molar-refractivity contribution in [1.29, 1.82) is 0 Å². The first kappa shape index (κ1) is 9.74. The number of allylic oxidation sites excluding steroid dienone is 1. The molecule has 0 aliphatic heterocycles. The van der Waals surface area contributed by atoms with Gasteiger partial charge >= 0.3 is 0 Å². The first-order valence-corrected chi connectivity index (χ1v) is 4.27. The zero-order valence-electron chi connectivity index (χ0n) is 7.16. The van der Waals surface area contributed by atoms with Crippen molar-refractivity contribution in [3.05, 3.63) is 19.1 Å². The highest BCUT2D eigenvalue weighted by Gasteiger charge is 1.90. The van der Waals surface area contributed by atoms with Crippen molar-refractivity contribution in [1.82, 2.24) is 0 Å². The lowest BCUT2D eigenvalue weighted by Crippen LogP contribution is -1.80. The normalized spacial score (nSPS) is 9.80. The molecule has 0 aromatic rings. The summed E-state index contributed by atoms with van der Waals surface area (Å²) in [4.78, 5) is 0. The molecule has 0 heteroatoms. The second-order valence-electron chi connectivity index (χ2n) is 2.81. The van der Waals surface area contributed by atoms with Crippen molar-refractivity contribution in [2.24, 2.45) is 0 Å². The zero-order chi connectivity index (χ0) is 7.82. The van der Waals surface area contributed by atoms with Crippen molar-refractivity contribution < 1.29 is 0 Å². The van der Waals surface area contributed by atoms with Gasteiger partial charge in [-0.1, -0.05) is 38.3 Å². The molecule has 0 saturated carbocycles. The highest BCUT2D eigenvalue weighted by molar-refractivity contribution is 4.94. The van der Waals surface area contributed by atoms with Crippen molar-refractivity contribution in [2.45, 2.75) is 45.4 Å². The summed E-state index contributed by atoms with van der Waals surface area (Å²) in [6.45, 7) is 9.93. The Morgan fingerprint density at radius 2 is 1.90 bits per heavy atom. The van der Waals surface area contributed by atoms with Gasteiger partial charge in [-0.05, 0) is 26.2 Å². The number of rotatable bonds is 6. The van der Waals surface area contributed by atoms with Gasteiger partial charge in [0.1, 0.15) is 0 Å². The average Bonchev–Trinajstić information content (AvgIpc) is 1.98. The fourth-order valence-electron chi connectivity index (χ4n) is 0.927. The molecule has 0 rings (SSSR count). The summed E-state index contributed by atoms with van der Waals surface area (Å²) in [5.41, 5.74) is 1.30. The van der Waals surface area contributed by atoms with Gasteiger partial charge in [0.25, 0.3) is 0 Å². The maximum atomic E-state index is 3.91. The van der Waals surface area contributed by atoms with Crippen LogP contribution in [0.15, 0.2) is 12.2 Å².